The van der Waals surface area contributed by atoms with Gasteiger partial charge in [-0.25, -0.2) is 14.4 Å². The van der Waals surface area contributed by atoms with Crippen molar-refractivity contribution in [2.45, 2.75) is 65.7 Å². The molecule has 0 fully saturated rings. The van der Waals surface area contributed by atoms with E-state index in [1.807, 2.05) is 43.3 Å². The van der Waals surface area contributed by atoms with Gasteiger partial charge in [-0.1, -0.05) is 76.5 Å². The summed E-state index contributed by atoms with van der Waals surface area (Å²) < 4.78 is 11.6. The smallest absolute Gasteiger partial charge is 0.414 e. The van der Waals surface area contributed by atoms with Crippen LogP contribution in [0.1, 0.15) is 96.9 Å². The number of carbonyl (C=O) groups excluding carboxylic acids is 2. The molecule has 3 rings (SSSR count). The summed E-state index contributed by atoms with van der Waals surface area (Å²) in [6, 6.07) is 13.0. The second-order valence-electron chi connectivity index (χ2n) is 11.6. The Morgan fingerprint density at radius 1 is 0.809 bits per heavy atom. The highest BCUT2D eigenvalue weighted by molar-refractivity contribution is 6.27. The second-order valence-corrected chi connectivity index (χ2v) is 11.6. The summed E-state index contributed by atoms with van der Waals surface area (Å²) in [5.74, 6) is -3.46. The molecule has 0 bridgehead atoms. The minimum absolute atomic E-state index is 0.0891. The average Bonchev–Trinajstić information content (AvgIpc) is 3.42. The average molecular weight is 651 g/mol. The van der Waals surface area contributed by atoms with Crippen molar-refractivity contribution in [3.8, 4) is 0 Å². The molecule has 0 saturated heterocycles. The standard InChI is InChI=1S/C35H48N2O4.C2H2O4/c1-6-9-14-32-33(30-26-29(19-20-31(30)41-32)35(39)40-25-24-36(4)5)34(38)28-17-15-27(16-18-28)13-12-23-37(21-10-7-2)22-11-8-3;3-1(4)2(5)6/h12-13,15-20,26H,6-11,14,21-25H2,1-5H3;(H,3,4)(H,5,6). The number of ketones is 1. The number of nitrogens with zero attached hydrogens (tertiary/aromatic N) is 2. The van der Waals surface area contributed by atoms with Gasteiger partial charge in [0.2, 0.25) is 0 Å². The number of aliphatic carboxylic acids is 2. The number of benzene rings is 2. The Morgan fingerprint density at radius 2 is 1.40 bits per heavy atom. The van der Waals surface area contributed by atoms with Crippen LogP contribution in [0.25, 0.3) is 17.0 Å². The van der Waals surface area contributed by atoms with Gasteiger partial charge in [-0.05, 0) is 70.2 Å². The van der Waals surface area contributed by atoms with Crippen LogP contribution in [0.2, 0.25) is 0 Å². The SMILES string of the molecule is CCCCc1oc2ccc(C(=O)OCCN(C)C)cc2c1C(=O)c1ccc(C=CCN(CCCC)CCCC)cc1.O=C(O)C(=O)O. The van der Waals surface area contributed by atoms with Crippen molar-refractivity contribution in [2.75, 3.05) is 46.9 Å². The lowest BCUT2D eigenvalue weighted by atomic mass is 9.97. The Labute approximate surface area is 278 Å². The van der Waals surface area contributed by atoms with E-state index in [1.165, 1.54) is 25.7 Å². The molecule has 10 nitrogen and oxygen atoms in total. The minimum Gasteiger partial charge on any atom is -0.473 e. The number of carboxylic acid groups (broad SMARTS) is 2. The molecule has 0 amide bonds. The van der Waals surface area contributed by atoms with Gasteiger partial charge in [0.05, 0.1) is 11.1 Å². The summed E-state index contributed by atoms with van der Waals surface area (Å²) in [6.07, 6.45) is 11.8. The molecule has 256 valence electrons. The number of hydrogen-bond acceptors (Lipinski definition) is 8. The summed E-state index contributed by atoms with van der Waals surface area (Å²) in [5, 5.41) is 15.4. The van der Waals surface area contributed by atoms with E-state index < -0.39 is 17.9 Å². The molecule has 3 aromatic rings. The van der Waals surface area contributed by atoms with Gasteiger partial charge in [0, 0.05) is 30.5 Å². The van der Waals surface area contributed by atoms with Crippen molar-refractivity contribution >= 4 is 40.7 Å². The van der Waals surface area contributed by atoms with E-state index >= 15 is 0 Å². The van der Waals surface area contributed by atoms with Crippen LogP contribution in [-0.2, 0) is 20.7 Å². The Balaban J connectivity index is 0.00000117. The topological polar surface area (TPSA) is 138 Å². The van der Waals surface area contributed by atoms with Crippen LogP contribution in [0, 0.1) is 0 Å². The Bertz CT molecular complexity index is 1450. The molecule has 0 unspecified atom stereocenters. The van der Waals surface area contributed by atoms with Gasteiger partial charge in [0.25, 0.3) is 0 Å². The molecular formula is C37H50N2O8. The van der Waals surface area contributed by atoms with Gasteiger partial charge in [0.15, 0.2) is 5.78 Å². The summed E-state index contributed by atoms with van der Waals surface area (Å²) in [6.45, 7) is 10.7. The molecule has 47 heavy (non-hydrogen) atoms. The molecule has 2 N–H and O–H groups in total. The fourth-order valence-electron chi connectivity index (χ4n) is 4.73. The number of hydrogen-bond donors (Lipinski definition) is 2. The Kier molecular flexibility index (Phi) is 17.2. The molecule has 2 aromatic carbocycles. The Hall–Kier alpha value is -4.28. The quantitative estimate of drug-likeness (QED) is 0.0859. The van der Waals surface area contributed by atoms with Crippen LogP contribution in [0.5, 0.6) is 0 Å². The number of fused-ring (bicyclic) bond motifs is 1. The number of furan rings is 1. The molecule has 0 radical (unpaired) electrons. The first-order valence-electron chi connectivity index (χ1n) is 16.4. The first kappa shape index (κ1) is 38.9. The predicted octanol–water partition coefficient (Wildman–Crippen LogP) is 6.80. The lowest BCUT2D eigenvalue weighted by molar-refractivity contribution is -0.159. The summed E-state index contributed by atoms with van der Waals surface area (Å²) >= 11 is 0. The van der Waals surface area contributed by atoms with E-state index in [1.54, 1.807) is 18.2 Å². The molecule has 1 aromatic heterocycles. The van der Waals surface area contributed by atoms with E-state index in [0.29, 0.717) is 53.0 Å². The van der Waals surface area contributed by atoms with Crippen LogP contribution in [0.4, 0.5) is 0 Å². The molecule has 0 aliphatic heterocycles. The highest BCUT2D eigenvalue weighted by Crippen LogP contribution is 2.31. The maximum Gasteiger partial charge on any atom is 0.414 e. The van der Waals surface area contributed by atoms with E-state index in [2.05, 4.69) is 37.8 Å². The minimum atomic E-state index is -1.82. The third kappa shape index (κ3) is 13.2. The van der Waals surface area contributed by atoms with Crippen molar-refractivity contribution < 1.29 is 38.5 Å². The van der Waals surface area contributed by atoms with Gasteiger partial charge in [0.1, 0.15) is 18.0 Å². The molecule has 0 aliphatic carbocycles. The van der Waals surface area contributed by atoms with Crippen LogP contribution in [0.15, 0.2) is 53.0 Å². The van der Waals surface area contributed by atoms with Crippen LogP contribution in [0.3, 0.4) is 0 Å². The van der Waals surface area contributed by atoms with Gasteiger partial charge < -0.3 is 24.3 Å². The zero-order chi connectivity index (χ0) is 34.8. The number of rotatable bonds is 18. The zero-order valence-corrected chi connectivity index (χ0v) is 28.4. The van der Waals surface area contributed by atoms with Gasteiger partial charge >= 0.3 is 17.9 Å². The van der Waals surface area contributed by atoms with Crippen LogP contribution >= 0.6 is 0 Å². The molecular weight excluding hydrogens is 600 g/mol. The fourth-order valence-corrected chi connectivity index (χ4v) is 4.73. The maximum absolute atomic E-state index is 13.8. The van der Waals surface area contributed by atoms with Gasteiger partial charge in [-0.15, -0.1) is 0 Å². The predicted molar refractivity (Wildman–Crippen MR) is 184 cm³/mol. The maximum atomic E-state index is 13.8. The highest BCUT2D eigenvalue weighted by Gasteiger charge is 2.23. The van der Waals surface area contributed by atoms with Gasteiger partial charge in [-0.2, -0.15) is 0 Å². The number of likely N-dealkylation sites (N-methyl/N-ethyl adjacent to an activating group) is 1. The monoisotopic (exact) mass is 650 g/mol. The number of unbranched alkanes of at least 4 members (excludes halogenated alkanes) is 3. The molecule has 1 heterocycles. The van der Waals surface area contributed by atoms with Crippen molar-refractivity contribution in [2.24, 2.45) is 0 Å². The third-order valence-electron chi connectivity index (χ3n) is 7.44. The van der Waals surface area contributed by atoms with Crippen molar-refractivity contribution in [3.05, 3.63) is 76.6 Å². The number of ether oxygens (including phenoxy) is 1. The van der Waals surface area contributed by atoms with Gasteiger partial charge in [-0.3, -0.25) is 9.69 Å². The summed E-state index contributed by atoms with van der Waals surface area (Å²) in [4.78, 5) is 49.2. The normalized spacial score (nSPS) is 11.2. The van der Waals surface area contributed by atoms with Crippen molar-refractivity contribution in [1.82, 2.24) is 9.80 Å². The van der Waals surface area contributed by atoms with Crippen molar-refractivity contribution in [1.29, 1.82) is 0 Å². The van der Waals surface area contributed by atoms with Crippen LogP contribution < -0.4 is 0 Å². The molecule has 0 spiro atoms. The number of aryl methyl sites for hydroxylation is 1. The van der Waals surface area contributed by atoms with E-state index in [0.717, 1.165) is 38.0 Å². The number of carbonyl (C=O) groups is 4. The second kappa shape index (κ2) is 20.8. The molecule has 10 heteroatoms. The number of esters is 1. The largest absolute Gasteiger partial charge is 0.473 e. The molecule has 0 aliphatic rings. The van der Waals surface area contributed by atoms with E-state index in [-0.39, 0.29) is 5.78 Å². The fraction of sp³-hybridized carbons (Fsp3) is 0.459. The summed E-state index contributed by atoms with van der Waals surface area (Å²) in [5.41, 5.74) is 3.25. The lowest BCUT2D eigenvalue weighted by Crippen LogP contribution is -2.26. The number of carboxylic acids is 2. The third-order valence-corrected chi connectivity index (χ3v) is 7.44. The van der Waals surface area contributed by atoms with E-state index in [9.17, 15) is 9.59 Å². The van der Waals surface area contributed by atoms with Crippen molar-refractivity contribution in [3.63, 3.8) is 0 Å². The Morgan fingerprint density at radius 3 is 1.96 bits per heavy atom. The first-order chi connectivity index (χ1) is 22.5. The molecule has 0 saturated carbocycles. The molecule has 0 atom stereocenters. The first-order valence-corrected chi connectivity index (χ1v) is 16.4. The summed E-state index contributed by atoms with van der Waals surface area (Å²) in [7, 11) is 3.86. The lowest BCUT2D eigenvalue weighted by Gasteiger charge is -2.19. The van der Waals surface area contributed by atoms with Crippen LogP contribution in [-0.4, -0.2) is 90.6 Å². The highest BCUT2D eigenvalue weighted by atomic mass is 16.5. The zero-order valence-electron chi connectivity index (χ0n) is 28.4. The van der Waals surface area contributed by atoms with E-state index in [4.69, 9.17) is 29.0 Å².